The fraction of sp³-hybridized carbons (Fsp3) is 0.556. The third-order valence-electron chi connectivity index (χ3n) is 4.89. The van der Waals surface area contributed by atoms with Crippen LogP contribution in [0, 0.1) is 5.92 Å². The van der Waals surface area contributed by atoms with E-state index in [2.05, 4.69) is 5.32 Å². The van der Waals surface area contributed by atoms with Crippen LogP contribution in [0.1, 0.15) is 43.1 Å². The lowest BCUT2D eigenvalue weighted by atomic mass is 9.86. The lowest BCUT2D eigenvalue weighted by molar-refractivity contribution is -0.119. The zero-order valence-corrected chi connectivity index (χ0v) is 14.0. The molecule has 3 rings (SSSR count). The first kappa shape index (κ1) is 16.0. The second kappa shape index (κ2) is 5.96. The van der Waals surface area contributed by atoms with Crippen molar-refractivity contribution in [3.05, 3.63) is 29.3 Å². The Morgan fingerprint density at radius 1 is 1.43 bits per heavy atom. The Kier molecular flexibility index (Phi) is 4.15. The second-order valence-corrected chi connectivity index (χ2v) is 6.90. The molecule has 1 saturated heterocycles. The first-order valence-electron chi connectivity index (χ1n) is 8.26. The van der Waals surface area contributed by atoms with E-state index in [-0.39, 0.29) is 11.8 Å². The van der Waals surface area contributed by atoms with Crippen LogP contribution in [0.3, 0.4) is 0 Å². The van der Waals surface area contributed by atoms with Crippen molar-refractivity contribution < 1.29 is 14.3 Å². The monoisotopic (exact) mass is 316 g/mol. The molecule has 5 heteroatoms. The minimum Gasteiger partial charge on any atom is -0.381 e. The fourth-order valence-corrected chi connectivity index (χ4v) is 3.35. The van der Waals surface area contributed by atoms with Gasteiger partial charge in [-0.1, -0.05) is 6.07 Å². The Morgan fingerprint density at radius 2 is 2.22 bits per heavy atom. The zero-order chi connectivity index (χ0) is 16.6. The molecule has 0 bridgehead atoms. The van der Waals surface area contributed by atoms with E-state index in [1.807, 2.05) is 37.8 Å². The van der Waals surface area contributed by atoms with Crippen molar-refractivity contribution in [2.75, 3.05) is 31.6 Å². The molecule has 2 heterocycles. The normalized spacial score (nSPS) is 22.1. The molecule has 2 amide bonds. The highest BCUT2D eigenvalue weighted by Gasteiger charge is 2.38. The summed E-state index contributed by atoms with van der Waals surface area (Å²) in [5, 5.41) is 2.88. The molecule has 0 aliphatic carbocycles. The van der Waals surface area contributed by atoms with E-state index >= 15 is 0 Å². The predicted molar refractivity (Wildman–Crippen MR) is 88.6 cm³/mol. The molecule has 23 heavy (non-hydrogen) atoms. The maximum absolute atomic E-state index is 12.7. The molecule has 0 spiro atoms. The van der Waals surface area contributed by atoms with Crippen LogP contribution in [0.25, 0.3) is 0 Å². The highest BCUT2D eigenvalue weighted by molar-refractivity contribution is 6.07. The van der Waals surface area contributed by atoms with Crippen LogP contribution in [0.4, 0.5) is 5.69 Å². The van der Waals surface area contributed by atoms with Crippen LogP contribution in [0.15, 0.2) is 18.2 Å². The van der Waals surface area contributed by atoms with Crippen LogP contribution in [0.2, 0.25) is 0 Å². The molecule has 5 nitrogen and oxygen atoms in total. The summed E-state index contributed by atoms with van der Waals surface area (Å²) in [5.41, 5.74) is 1.82. The first-order chi connectivity index (χ1) is 10.9. The Morgan fingerprint density at radius 3 is 2.96 bits per heavy atom. The third-order valence-corrected chi connectivity index (χ3v) is 4.89. The number of nitrogens with one attached hydrogen (secondary N) is 1. The molecule has 1 atom stereocenters. The molecule has 0 radical (unpaired) electrons. The number of carbonyl (C=O) groups is 2. The highest BCUT2D eigenvalue weighted by Crippen LogP contribution is 2.37. The molecular formula is C18H24N2O3. The van der Waals surface area contributed by atoms with Gasteiger partial charge in [-0.2, -0.15) is 0 Å². The van der Waals surface area contributed by atoms with E-state index in [1.54, 1.807) is 6.07 Å². The van der Waals surface area contributed by atoms with Crippen LogP contribution in [-0.4, -0.2) is 43.0 Å². The summed E-state index contributed by atoms with van der Waals surface area (Å²) in [4.78, 5) is 26.6. The smallest absolute Gasteiger partial charge is 0.253 e. The summed E-state index contributed by atoms with van der Waals surface area (Å²) in [6.45, 7) is 8.72. The van der Waals surface area contributed by atoms with Crippen molar-refractivity contribution in [1.82, 2.24) is 4.90 Å². The largest absolute Gasteiger partial charge is 0.381 e. The fourth-order valence-electron chi connectivity index (χ4n) is 3.35. The first-order valence-corrected chi connectivity index (χ1v) is 8.26. The average Bonchev–Trinajstić information content (AvgIpc) is 3.08. The molecule has 2 aliphatic rings. The van der Waals surface area contributed by atoms with Gasteiger partial charge < -0.3 is 15.0 Å². The lowest BCUT2D eigenvalue weighted by Gasteiger charge is -2.18. The van der Waals surface area contributed by atoms with Crippen LogP contribution >= 0.6 is 0 Å². The number of benzene rings is 1. The van der Waals surface area contributed by atoms with Gasteiger partial charge >= 0.3 is 0 Å². The van der Waals surface area contributed by atoms with Crippen LogP contribution in [0.5, 0.6) is 0 Å². The Bertz CT molecular complexity index is 639. The number of anilines is 1. The van der Waals surface area contributed by atoms with Crippen molar-refractivity contribution in [3.8, 4) is 0 Å². The SMILES string of the molecule is CCOCC1CCN(C(=O)c2ccc3c(c2)NC(=O)C3(C)C)C1. The van der Waals surface area contributed by atoms with E-state index in [0.717, 1.165) is 30.8 Å². The number of ether oxygens (including phenoxy) is 1. The number of fused-ring (bicyclic) bond motifs is 1. The van der Waals surface area contributed by atoms with E-state index < -0.39 is 5.41 Å². The highest BCUT2D eigenvalue weighted by atomic mass is 16.5. The number of amides is 2. The van der Waals surface area contributed by atoms with Gasteiger partial charge in [0.2, 0.25) is 5.91 Å². The van der Waals surface area contributed by atoms with Crippen molar-refractivity contribution in [3.63, 3.8) is 0 Å². The number of likely N-dealkylation sites (tertiary alicyclic amines) is 1. The summed E-state index contributed by atoms with van der Waals surface area (Å²) < 4.78 is 5.46. The molecule has 1 N–H and O–H groups in total. The van der Waals surface area contributed by atoms with Gasteiger partial charge in [0, 0.05) is 36.9 Å². The molecule has 0 saturated carbocycles. The topological polar surface area (TPSA) is 58.6 Å². The number of rotatable bonds is 4. The Hall–Kier alpha value is -1.88. The molecule has 1 fully saturated rings. The molecule has 2 aliphatic heterocycles. The van der Waals surface area contributed by atoms with Gasteiger partial charge in [0.05, 0.1) is 12.0 Å². The lowest BCUT2D eigenvalue weighted by Crippen LogP contribution is -2.29. The molecule has 1 aromatic rings. The molecule has 0 aromatic heterocycles. The van der Waals surface area contributed by atoms with Crippen molar-refractivity contribution >= 4 is 17.5 Å². The predicted octanol–water partition coefficient (Wildman–Crippen LogP) is 2.41. The summed E-state index contributed by atoms with van der Waals surface area (Å²) in [5.74, 6) is 0.438. The molecule has 1 aromatic carbocycles. The number of hydrogen-bond acceptors (Lipinski definition) is 3. The van der Waals surface area contributed by atoms with E-state index in [0.29, 0.717) is 24.7 Å². The van der Waals surface area contributed by atoms with Gasteiger partial charge in [-0.05, 0) is 44.9 Å². The van der Waals surface area contributed by atoms with Crippen LogP contribution in [-0.2, 0) is 14.9 Å². The van der Waals surface area contributed by atoms with Gasteiger partial charge in [0.1, 0.15) is 0 Å². The van der Waals surface area contributed by atoms with E-state index in [9.17, 15) is 9.59 Å². The van der Waals surface area contributed by atoms with Gasteiger partial charge in [0.25, 0.3) is 5.91 Å². The zero-order valence-electron chi connectivity index (χ0n) is 14.0. The number of carbonyl (C=O) groups excluding carboxylic acids is 2. The maximum atomic E-state index is 12.7. The Labute approximate surface area is 137 Å². The van der Waals surface area contributed by atoms with Crippen LogP contribution < -0.4 is 5.32 Å². The number of hydrogen-bond donors (Lipinski definition) is 1. The van der Waals surface area contributed by atoms with Gasteiger partial charge in [0.15, 0.2) is 0 Å². The minimum absolute atomic E-state index is 0.0185. The van der Waals surface area contributed by atoms with Gasteiger partial charge in [-0.25, -0.2) is 0 Å². The minimum atomic E-state index is -0.535. The van der Waals surface area contributed by atoms with Crippen molar-refractivity contribution in [1.29, 1.82) is 0 Å². The molecule has 1 unspecified atom stereocenters. The average molecular weight is 316 g/mol. The summed E-state index contributed by atoms with van der Waals surface area (Å²) in [6.07, 6.45) is 0.987. The summed E-state index contributed by atoms with van der Waals surface area (Å²) in [7, 11) is 0. The van der Waals surface area contributed by atoms with Gasteiger partial charge in [-0.15, -0.1) is 0 Å². The quantitative estimate of drug-likeness (QED) is 0.928. The van der Waals surface area contributed by atoms with Crippen molar-refractivity contribution in [2.45, 2.75) is 32.6 Å². The van der Waals surface area contributed by atoms with Gasteiger partial charge in [-0.3, -0.25) is 9.59 Å². The molecular weight excluding hydrogens is 292 g/mol. The summed E-state index contributed by atoms with van der Waals surface area (Å²) >= 11 is 0. The summed E-state index contributed by atoms with van der Waals surface area (Å²) in [6, 6.07) is 5.54. The second-order valence-electron chi connectivity index (χ2n) is 6.90. The van der Waals surface area contributed by atoms with E-state index in [1.165, 1.54) is 0 Å². The standard InChI is InChI=1S/C18H24N2O3/c1-4-23-11-12-7-8-20(10-12)16(21)13-5-6-14-15(9-13)19-17(22)18(14,2)3/h5-6,9,12H,4,7-8,10-11H2,1-3H3,(H,19,22). The molecule has 124 valence electrons. The maximum Gasteiger partial charge on any atom is 0.253 e. The van der Waals surface area contributed by atoms with Crippen molar-refractivity contribution in [2.24, 2.45) is 5.92 Å². The Balaban J connectivity index is 1.73. The third kappa shape index (κ3) is 2.85. The van der Waals surface area contributed by atoms with E-state index in [4.69, 9.17) is 4.74 Å². The number of nitrogens with zero attached hydrogens (tertiary/aromatic N) is 1.